The summed E-state index contributed by atoms with van der Waals surface area (Å²) in [7, 11) is 0. The molecule has 1 aliphatic rings. The van der Waals surface area contributed by atoms with Crippen LogP contribution in [0.1, 0.15) is 51.4 Å². The zero-order valence-electron chi connectivity index (χ0n) is 20.3. The van der Waals surface area contributed by atoms with Crippen molar-refractivity contribution in [3.8, 4) is 5.69 Å². The molecule has 0 saturated carbocycles. The molecule has 1 aliphatic heterocycles. The van der Waals surface area contributed by atoms with E-state index in [4.69, 9.17) is 17.2 Å². The molecule has 2 aromatic heterocycles. The fraction of sp³-hybridized carbons (Fsp3) is 0.241. The van der Waals surface area contributed by atoms with Crippen molar-refractivity contribution < 1.29 is 0 Å². The van der Waals surface area contributed by atoms with Gasteiger partial charge in [0.2, 0.25) is 0 Å². The molecule has 0 bridgehead atoms. The Balaban J connectivity index is 1.68. The van der Waals surface area contributed by atoms with Crippen LogP contribution in [-0.2, 0) is 0 Å². The highest BCUT2D eigenvalue weighted by Gasteiger charge is 2.42. The molecule has 34 heavy (non-hydrogen) atoms. The van der Waals surface area contributed by atoms with Crippen molar-refractivity contribution in [1.82, 2.24) is 14.9 Å². The maximum absolute atomic E-state index is 5.92. The Hall–Kier alpha value is -3.44. The molecule has 4 aromatic rings. The van der Waals surface area contributed by atoms with Crippen molar-refractivity contribution in [3.63, 3.8) is 0 Å². The van der Waals surface area contributed by atoms with Gasteiger partial charge in [0.1, 0.15) is 0 Å². The molecular formula is C29H30N4S. The number of benzene rings is 2. The summed E-state index contributed by atoms with van der Waals surface area (Å²) in [4.78, 5) is 6.97. The highest BCUT2D eigenvalue weighted by Crippen LogP contribution is 2.44. The summed E-state index contributed by atoms with van der Waals surface area (Å²) in [5, 5.41) is 4.32. The molecule has 3 heterocycles. The van der Waals surface area contributed by atoms with Crippen molar-refractivity contribution in [2.45, 2.75) is 46.7 Å². The third-order valence-corrected chi connectivity index (χ3v) is 7.26. The van der Waals surface area contributed by atoms with Crippen LogP contribution in [0.4, 0.5) is 5.69 Å². The summed E-state index contributed by atoms with van der Waals surface area (Å²) in [5.74, 6) is 0. The van der Waals surface area contributed by atoms with Crippen LogP contribution in [0.15, 0.2) is 72.9 Å². The minimum absolute atomic E-state index is 0.0186. The summed E-state index contributed by atoms with van der Waals surface area (Å²) in [5.41, 5.74) is 10.7. The summed E-state index contributed by atoms with van der Waals surface area (Å²) in [6.45, 7) is 10.8. The molecule has 0 amide bonds. The van der Waals surface area contributed by atoms with Crippen LogP contribution in [-0.4, -0.2) is 14.7 Å². The monoisotopic (exact) mass is 466 g/mol. The summed E-state index contributed by atoms with van der Waals surface area (Å²) >= 11 is 5.92. The second-order valence-electron chi connectivity index (χ2n) is 9.26. The molecule has 5 rings (SSSR count). The van der Waals surface area contributed by atoms with E-state index in [2.05, 4.69) is 104 Å². The highest BCUT2D eigenvalue weighted by molar-refractivity contribution is 7.80. The summed E-state index contributed by atoms with van der Waals surface area (Å²) < 4.78 is 2.34. The minimum atomic E-state index is -0.0534. The van der Waals surface area contributed by atoms with Crippen LogP contribution >= 0.6 is 12.2 Å². The minimum Gasteiger partial charge on any atom is -0.351 e. The van der Waals surface area contributed by atoms with Gasteiger partial charge in [0.15, 0.2) is 5.11 Å². The van der Waals surface area contributed by atoms with Gasteiger partial charge in [-0.3, -0.25) is 4.98 Å². The predicted molar refractivity (Wildman–Crippen MR) is 144 cm³/mol. The maximum atomic E-state index is 5.92. The van der Waals surface area contributed by atoms with E-state index in [0.717, 1.165) is 16.5 Å². The molecule has 0 aliphatic carbocycles. The smallest absolute Gasteiger partial charge is 0.174 e. The number of nitrogens with zero attached hydrogens (tertiary/aromatic N) is 3. The van der Waals surface area contributed by atoms with Crippen LogP contribution in [0, 0.1) is 34.6 Å². The van der Waals surface area contributed by atoms with Gasteiger partial charge in [0, 0.05) is 29.0 Å². The van der Waals surface area contributed by atoms with E-state index in [1.807, 2.05) is 18.3 Å². The molecule has 2 aromatic carbocycles. The largest absolute Gasteiger partial charge is 0.351 e. The predicted octanol–water partition coefficient (Wildman–Crippen LogP) is 6.59. The number of hydrogen-bond donors (Lipinski definition) is 1. The highest BCUT2D eigenvalue weighted by atomic mass is 32.1. The van der Waals surface area contributed by atoms with Gasteiger partial charge in [0.05, 0.1) is 17.8 Å². The number of anilines is 1. The SMILES string of the molecule is Cc1ccc(-n2c(C)cc([C@@H]3[C@@H](c4ccccn4)NC(=S)N3c3ccc(C)c(C)c3)c2C)cc1. The van der Waals surface area contributed by atoms with Crippen LogP contribution < -0.4 is 10.2 Å². The third kappa shape index (κ3) is 3.80. The lowest BCUT2D eigenvalue weighted by Gasteiger charge is -2.28. The first kappa shape index (κ1) is 22.4. The summed E-state index contributed by atoms with van der Waals surface area (Å²) in [6, 6.07) is 23.6. The van der Waals surface area contributed by atoms with Gasteiger partial charge in [-0.15, -0.1) is 0 Å². The maximum Gasteiger partial charge on any atom is 0.174 e. The molecule has 1 fully saturated rings. The molecule has 172 valence electrons. The zero-order chi connectivity index (χ0) is 24.0. The van der Waals surface area contributed by atoms with Gasteiger partial charge in [0.25, 0.3) is 0 Å². The molecule has 1 N–H and O–H groups in total. The lowest BCUT2D eigenvalue weighted by atomic mass is 9.96. The average Bonchev–Trinajstić information content (AvgIpc) is 3.32. The van der Waals surface area contributed by atoms with Gasteiger partial charge in [-0.25, -0.2) is 0 Å². The van der Waals surface area contributed by atoms with Gasteiger partial charge in [-0.05, 0) is 106 Å². The van der Waals surface area contributed by atoms with Crippen molar-refractivity contribution in [2.75, 3.05) is 4.90 Å². The third-order valence-electron chi connectivity index (χ3n) is 6.95. The number of aryl methyl sites for hydroxylation is 4. The Morgan fingerprint density at radius 3 is 2.24 bits per heavy atom. The van der Waals surface area contributed by atoms with Crippen molar-refractivity contribution in [2.24, 2.45) is 0 Å². The van der Waals surface area contributed by atoms with Crippen LogP contribution in [0.3, 0.4) is 0 Å². The molecule has 5 heteroatoms. The van der Waals surface area contributed by atoms with E-state index in [1.165, 1.54) is 39.3 Å². The Morgan fingerprint density at radius 2 is 1.56 bits per heavy atom. The van der Waals surface area contributed by atoms with E-state index in [-0.39, 0.29) is 12.1 Å². The normalized spacial score (nSPS) is 17.8. The Kier molecular flexibility index (Phi) is 5.74. The van der Waals surface area contributed by atoms with Crippen LogP contribution in [0.2, 0.25) is 0 Å². The fourth-order valence-corrected chi connectivity index (χ4v) is 5.35. The lowest BCUT2D eigenvalue weighted by Crippen LogP contribution is -2.29. The summed E-state index contributed by atoms with van der Waals surface area (Å²) in [6.07, 6.45) is 1.85. The average molecular weight is 467 g/mol. The van der Waals surface area contributed by atoms with Crippen molar-refractivity contribution in [3.05, 3.63) is 112 Å². The van der Waals surface area contributed by atoms with Gasteiger partial charge in [-0.2, -0.15) is 0 Å². The van der Waals surface area contributed by atoms with E-state index < -0.39 is 0 Å². The van der Waals surface area contributed by atoms with E-state index in [0.29, 0.717) is 0 Å². The van der Waals surface area contributed by atoms with E-state index in [1.54, 1.807) is 0 Å². The first-order valence-electron chi connectivity index (χ1n) is 11.7. The number of thiocarbonyl (C=S) groups is 1. The standard InChI is InChI=1S/C29H30N4S/c1-18-9-12-23(13-10-18)32-21(4)17-25(22(32)5)28-27(26-8-6-7-15-30-26)31-29(34)33(28)24-14-11-19(2)20(3)16-24/h6-17,27-28H,1-5H3,(H,31,34)/t27-,28-/m1/s1. The number of aromatic nitrogens is 2. The lowest BCUT2D eigenvalue weighted by molar-refractivity contribution is 0.565. The molecular weight excluding hydrogens is 436 g/mol. The molecule has 0 radical (unpaired) electrons. The van der Waals surface area contributed by atoms with Crippen LogP contribution in [0.5, 0.6) is 0 Å². The Morgan fingerprint density at radius 1 is 0.824 bits per heavy atom. The molecule has 4 nitrogen and oxygen atoms in total. The quantitative estimate of drug-likeness (QED) is 0.344. The van der Waals surface area contributed by atoms with Crippen molar-refractivity contribution >= 4 is 23.0 Å². The fourth-order valence-electron chi connectivity index (χ4n) is 5.00. The van der Waals surface area contributed by atoms with Gasteiger partial charge >= 0.3 is 0 Å². The molecule has 2 atom stereocenters. The Labute approximate surface area is 207 Å². The van der Waals surface area contributed by atoms with Gasteiger partial charge in [-0.1, -0.05) is 29.8 Å². The number of rotatable bonds is 4. The van der Waals surface area contributed by atoms with Gasteiger partial charge < -0.3 is 14.8 Å². The topological polar surface area (TPSA) is 33.1 Å². The first-order chi connectivity index (χ1) is 16.3. The second kappa shape index (κ2) is 8.73. The second-order valence-corrected chi connectivity index (χ2v) is 9.65. The molecule has 0 spiro atoms. The van der Waals surface area contributed by atoms with Crippen LogP contribution in [0.25, 0.3) is 5.69 Å². The molecule has 0 unspecified atom stereocenters. The van der Waals surface area contributed by atoms with E-state index in [9.17, 15) is 0 Å². The number of nitrogens with one attached hydrogen (secondary N) is 1. The Bertz CT molecular complexity index is 1360. The first-order valence-corrected chi connectivity index (χ1v) is 12.1. The van der Waals surface area contributed by atoms with E-state index >= 15 is 0 Å². The zero-order valence-corrected chi connectivity index (χ0v) is 21.1. The number of hydrogen-bond acceptors (Lipinski definition) is 2. The molecule has 1 saturated heterocycles. The van der Waals surface area contributed by atoms with Crippen molar-refractivity contribution in [1.29, 1.82) is 0 Å². The number of pyridine rings is 1.